The molecule has 38 heavy (non-hydrogen) atoms. The highest BCUT2D eigenvalue weighted by atomic mass is 16.5. The molecule has 202 valence electrons. The number of carbonyl (C=O) groups excluding carboxylic acids is 1. The van der Waals surface area contributed by atoms with Crippen molar-refractivity contribution >= 4 is 23.1 Å². The first kappa shape index (κ1) is 26.7. The summed E-state index contributed by atoms with van der Waals surface area (Å²) in [6.07, 6.45) is 9.12. The van der Waals surface area contributed by atoms with E-state index in [2.05, 4.69) is 88.4 Å². The van der Waals surface area contributed by atoms with Gasteiger partial charge in [-0.1, -0.05) is 45.9 Å². The van der Waals surface area contributed by atoms with Gasteiger partial charge in [0.05, 0.1) is 17.6 Å². The molecule has 3 aliphatic rings. The minimum absolute atomic E-state index is 0.184. The summed E-state index contributed by atoms with van der Waals surface area (Å²) in [5.74, 6) is -0.253. The van der Waals surface area contributed by atoms with Crippen LogP contribution in [-0.2, 0) is 27.4 Å². The van der Waals surface area contributed by atoms with Gasteiger partial charge in [0, 0.05) is 36.5 Å². The number of allylic oxidation sites excluding steroid dienone is 2. The minimum Gasteiger partial charge on any atom is -0.462 e. The monoisotopic (exact) mass is 513 g/mol. The molecule has 2 aromatic carbocycles. The number of nitrogens with zero attached hydrogens (tertiary/aromatic N) is 2. The summed E-state index contributed by atoms with van der Waals surface area (Å²) in [5.41, 5.74) is 10.6. The quantitative estimate of drug-likeness (QED) is 0.302. The molecule has 3 heterocycles. The predicted molar refractivity (Wildman–Crippen MR) is 158 cm³/mol. The van der Waals surface area contributed by atoms with Gasteiger partial charge in [-0.3, -0.25) is 0 Å². The van der Waals surface area contributed by atoms with E-state index < -0.39 is 0 Å². The number of rotatable bonds is 6. The van der Waals surface area contributed by atoms with Gasteiger partial charge in [-0.15, -0.1) is 0 Å². The molecule has 0 fully saturated rings. The molecule has 0 aromatic heterocycles. The second-order valence-corrected chi connectivity index (χ2v) is 13.3. The lowest BCUT2D eigenvalue weighted by atomic mass is 9.69. The topological polar surface area (TPSA) is 32.5 Å². The molecule has 3 aliphatic heterocycles. The number of esters is 1. The van der Waals surface area contributed by atoms with Crippen LogP contribution in [0, 0.1) is 0 Å². The van der Waals surface area contributed by atoms with Crippen molar-refractivity contribution in [2.45, 2.75) is 90.4 Å². The van der Waals surface area contributed by atoms with Crippen molar-refractivity contribution in [2.24, 2.45) is 0 Å². The zero-order valence-electron chi connectivity index (χ0n) is 24.7. The first-order valence-electron chi connectivity index (χ1n) is 14.4. The fourth-order valence-electron chi connectivity index (χ4n) is 6.77. The van der Waals surface area contributed by atoms with Crippen LogP contribution < -0.4 is 4.90 Å². The van der Waals surface area contributed by atoms with Crippen molar-refractivity contribution < 1.29 is 14.1 Å². The standard InChI is InChI=1S/C34H45N2O2/c1-9-38-31(37)24-14-15-28-25(22-24)34(6,7)29(35(28)8)13-11-10-12-23-20-26-30-27(21-23)33(4,5)17-19-36(30)18-16-32(26,2)3/h11,13-15,20-22H,9-10,12,16-19H2,1-8H3/q+1. The van der Waals surface area contributed by atoms with Crippen molar-refractivity contribution in [3.63, 3.8) is 0 Å². The molecule has 0 radical (unpaired) electrons. The number of aryl methyl sites for hydroxylation is 1. The summed E-state index contributed by atoms with van der Waals surface area (Å²) in [7, 11) is 2.13. The smallest absolute Gasteiger partial charge is 0.338 e. The fourth-order valence-corrected chi connectivity index (χ4v) is 6.77. The lowest BCUT2D eigenvalue weighted by Crippen LogP contribution is -2.44. The SMILES string of the molecule is CCOC(=O)c1ccc2c(c1)C(C)(C)C(C=CCCc1cc3c4c(c1)C(C)(C)CCN4CCC3(C)C)=[N+]2C. The number of hydrogen-bond donors (Lipinski definition) is 0. The molecule has 0 spiro atoms. The molecule has 0 bridgehead atoms. The van der Waals surface area contributed by atoms with Crippen LogP contribution in [0.1, 0.15) is 100 Å². The van der Waals surface area contributed by atoms with Gasteiger partial charge in [0.2, 0.25) is 5.69 Å². The summed E-state index contributed by atoms with van der Waals surface area (Å²) < 4.78 is 7.51. The molecule has 4 heteroatoms. The summed E-state index contributed by atoms with van der Waals surface area (Å²) in [5, 5.41) is 0. The zero-order chi connectivity index (χ0) is 27.5. The van der Waals surface area contributed by atoms with Crippen molar-refractivity contribution in [3.8, 4) is 0 Å². The van der Waals surface area contributed by atoms with Gasteiger partial charge < -0.3 is 9.64 Å². The number of carbonyl (C=O) groups is 1. The Morgan fingerprint density at radius 1 is 0.974 bits per heavy atom. The van der Waals surface area contributed by atoms with Crippen LogP contribution in [0.5, 0.6) is 0 Å². The molecular formula is C34H45N2O2+. The Labute approximate surface area is 229 Å². The van der Waals surface area contributed by atoms with E-state index in [9.17, 15) is 4.79 Å². The van der Waals surface area contributed by atoms with Crippen molar-refractivity contribution in [1.82, 2.24) is 0 Å². The molecule has 4 nitrogen and oxygen atoms in total. The van der Waals surface area contributed by atoms with Gasteiger partial charge in [-0.2, -0.15) is 4.58 Å². The maximum atomic E-state index is 12.3. The molecule has 2 aromatic rings. The number of benzene rings is 2. The van der Waals surface area contributed by atoms with E-state index >= 15 is 0 Å². The molecular weight excluding hydrogens is 468 g/mol. The van der Waals surface area contributed by atoms with E-state index in [4.69, 9.17) is 4.74 Å². The Morgan fingerprint density at radius 3 is 2.21 bits per heavy atom. The van der Waals surface area contributed by atoms with E-state index in [-0.39, 0.29) is 22.2 Å². The number of ether oxygens (including phenoxy) is 1. The Bertz CT molecular complexity index is 1300. The Kier molecular flexibility index (Phi) is 6.60. The molecule has 0 unspecified atom stereocenters. The highest BCUT2D eigenvalue weighted by Gasteiger charge is 2.43. The van der Waals surface area contributed by atoms with Crippen molar-refractivity contribution in [2.75, 3.05) is 31.6 Å². The molecule has 0 saturated carbocycles. The second kappa shape index (κ2) is 9.39. The van der Waals surface area contributed by atoms with Crippen LogP contribution in [0.4, 0.5) is 11.4 Å². The van der Waals surface area contributed by atoms with Crippen LogP contribution >= 0.6 is 0 Å². The summed E-state index contributed by atoms with van der Waals surface area (Å²) in [4.78, 5) is 15.0. The first-order chi connectivity index (χ1) is 17.9. The predicted octanol–water partition coefficient (Wildman–Crippen LogP) is 7.23. The minimum atomic E-state index is -0.253. The molecule has 0 amide bonds. The van der Waals surface area contributed by atoms with E-state index in [1.807, 2.05) is 19.1 Å². The molecule has 0 N–H and O–H groups in total. The van der Waals surface area contributed by atoms with Gasteiger partial charge >= 0.3 is 5.97 Å². The Morgan fingerprint density at radius 2 is 1.61 bits per heavy atom. The lowest BCUT2D eigenvalue weighted by molar-refractivity contribution is -0.401. The Balaban J connectivity index is 1.37. The summed E-state index contributed by atoms with van der Waals surface area (Å²) in [6, 6.07) is 11.0. The third-order valence-electron chi connectivity index (χ3n) is 9.38. The average molecular weight is 514 g/mol. The van der Waals surface area contributed by atoms with Crippen LogP contribution in [0.25, 0.3) is 0 Å². The fraction of sp³-hybridized carbons (Fsp3) is 0.529. The summed E-state index contributed by atoms with van der Waals surface area (Å²) >= 11 is 0. The largest absolute Gasteiger partial charge is 0.462 e. The first-order valence-corrected chi connectivity index (χ1v) is 14.4. The Hall–Kier alpha value is -2.88. The molecule has 0 saturated heterocycles. The van der Waals surface area contributed by atoms with E-state index in [1.54, 1.807) is 11.1 Å². The highest BCUT2D eigenvalue weighted by molar-refractivity contribution is 6.03. The maximum Gasteiger partial charge on any atom is 0.338 e. The third kappa shape index (κ3) is 4.40. The van der Waals surface area contributed by atoms with Crippen LogP contribution in [0.15, 0.2) is 42.5 Å². The maximum absolute atomic E-state index is 12.3. The van der Waals surface area contributed by atoms with Crippen LogP contribution in [0.3, 0.4) is 0 Å². The normalized spacial score (nSPS) is 20.5. The lowest BCUT2D eigenvalue weighted by Gasteiger charge is -2.48. The van der Waals surface area contributed by atoms with Crippen LogP contribution in [-0.4, -0.2) is 43.0 Å². The third-order valence-corrected chi connectivity index (χ3v) is 9.38. The van der Waals surface area contributed by atoms with Gasteiger partial charge in [0.15, 0.2) is 5.71 Å². The molecule has 0 aliphatic carbocycles. The highest BCUT2D eigenvalue weighted by Crippen LogP contribution is 2.49. The summed E-state index contributed by atoms with van der Waals surface area (Å²) in [6.45, 7) is 18.8. The number of fused-ring (bicyclic) bond motifs is 1. The number of anilines is 1. The van der Waals surface area contributed by atoms with E-state index in [1.165, 1.54) is 48.5 Å². The van der Waals surface area contributed by atoms with E-state index in [0.29, 0.717) is 12.2 Å². The van der Waals surface area contributed by atoms with Crippen LogP contribution in [0.2, 0.25) is 0 Å². The number of hydrogen-bond acceptors (Lipinski definition) is 3. The van der Waals surface area contributed by atoms with Crippen molar-refractivity contribution in [1.29, 1.82) is 0 Å². The van der Waals surface area contributed by atoms with Gasteiger partial charge in [-0.05, 0) is 86.1 Å². The van der Waals surface area contributed by atoms with Gasteiger partial charge in [0.25, 0.3) is 0 Å². The molecule has 5 rings (SSSR count). The van der Waals surface area contributed by atoms with Crippen molar-refractivity contribution in [3.05, 3.63) is 70.3 Å². The second-order valence-electron chi connectivity index (χ2n) is 13.3. The van der Waals surface area contributed by atoms with E-state index in [0.717, 1.165) is 18.5 Å². The van der Waals surface area contributed by atoms with Gasteiger partial charge in [-0.25, -0.2) is 4.79 Å². The van der Waals surface area contributed by atoms with Gasteiger partial charge in [0.1, 0.15) is 7.05 Å². The zero-order valence-corrected chi connectivity index (χ0v) is 24.7. The average Bonchev–Trinajstić information content (AvgIpc) is 3.05. The molecule has 0 atom stereocenters.